The Morgan fingerprint density at radius 3 is 1.92 bits per heavy atom. The van der Waals surface area contributed by atoms with E-state index in [-0.39, 0.29) is 18.3 Å². The summed E-state index contributed by atoms with van der Waals surface area (Å²) in [5, 5.41) is 0. The number of ether oxygens (including phenoxy) is 4. The molecule has 0 N–H and O–H groups in total. The van der Waals surface area contributed by atoms with Crippen molar-refractivity contribution >= 4 is 0 Å². The molecule has 4 heteroatoms. The second-order valence-corrected chi connectivity index (χ2v) is 10.5. The van der Waals surface area contributed by atoms with E-state index in [1.165, 1.54) is 67.2 Å². The summed E-state index contributed by atoms with van der Waals surface area (Å²) in [5.41, 5.74) is 4.75. The number of rotatable bonds is 9. The Morgan fingerprint density at radius 1 is 0.667 bits per heavy atom. The topological polar surface area (TPSA) is 43.5 Å². The predicted octanol–water partition coefficient (Wildman–Crippen LogP) is 7.30. The van der Waals surface area contributed by atoms with Crippen LogP contribution in [-0.4, -0.2) is 38.1 Å². The second kappa shape index (κ2) is 11.1. The van der Waals surface area contributed by atoms with Crippen LogP contribution >= 0.6 is 0 Å². The van der Waals surface area contributed by atoms with E-state index in [9.17, 15) is 0 Å². The van der Waals surface area contributed by atoms with Crippen molar-refractivity contribution < 1.29 is 18.9 Å². The van der Waals surface area contributed by atoms with Gasteiger partial charge in [0.05, 0.1) is 13.2 Å². The Bertz CT molecular complexity index is 1110. The van der Waals surface area contributed by atoms with Crippen LogP contribution in [0.4, 0.5) is 0 Å². The summed E-state index contributed by atoms with van der Waals surface area (Å²) in [6.45, 7) is 2.28. The first-order valence-electron chi connectivity index (χ1n) is 13.7. The van der Waals surface area contributed by atoms with Crippen LogP contribution in [0.15, 0.2) is 72.8 Å². The molecule has 36 heavy (non-hydrogen) atoms. The minimum Gasteiger partial charge on any atom is -0.491 e. The summed E-state index contributed by atoms with van der Waals surface area (Å²) >= 11 is 0. The smallest absolute Gasteiger partial charge is 0.130 e. The van der Waals surface area contributed by atoms with Crippen LogP contribution in [0.3, 0.4) is 0 Å². The van der Waals surface area contributed by atoms with Crippen molar-refractivity contribution in [3.8, 4) is 33.8 Å². The van der Waals surface area contributed by atoms with E-state index in [0.717, 1.165) is 24.7 Å². The van der Waals surface area contributed by atoms with Crippen LogP contribution in [0.25, 0.3) is 22.3 Å². The standard InChI is InChI=1S/C32H36O4/c1-2-4-7-26(8-5-3-1)32(31-22-35-31)36-29-10-6-9-27(19-29)25-13-11-23(12-14-25)24-15-17-28(18-16-24)33-20-30-21-34-30/h6,9-19,26,30-32H,1-5,7-8,20-22H2. The molecule has 188 valence electrons. The molecule has 0 aromatic heterocycles. The van der Waals surface area contributed by atoms with Crippen molar-refractivity contribution in [1.82, 2.24) is 0 Å². The van der Waals surface area contributed by atoms with E-state index in [4.69, 9.17) is 18.9 Å². The van der Waals surface area contributed by atoms with Gasteiger partial charge in [-0.25, -0.2) is 0 Å². The molecule has 0 radical (unpaired) electrons. The summed E-state index contributed by atoms with van der Waals surface area (Å²) in [6, 6.07) is 25.6. The molecular formula is C32H36O4. The van der Waals surface area contributed by atoms with E-state index in [2.05, 4.69) is 60.7 Å². The van der Waals surface area contributed by atoms with Gasteiger partial charge in [0, 0.05) is 0 Å². The molecule has 3 atom stereocenters. The first kappa shape index (κ1) is 23.6. The third-order valence-electron chi connectivity index (χ3n) is 7.69. The van der Waals surface area contributed by atoms with Gasteiger partial charge < -0.3 is 18.9 Å². The number of hydrogen-bond donors (Lipinski definition) is 0. The first-order valence-corrected chi connectivity index (χ1v) is 13.7. The zero-order valence-corrected chi connectivity index (χ0v) is 20.9. The summed E-state index contributed by atoms with van der Waals surface area (Å²) in [5.74, 6) is 2.43. The van der Waals surface area contributed by atoms with Crippen molar-refractivity contribution in [3.63, 3.8) is 0 Å². The Labute approximate surface area is 214 Å². The number of benzene rings is 3. The fourth-order valence-corrected chi connectivity index (χ4v) is 5.40. The van der Waals surface area contributed by atoms with Crippen LogP contribution in [0, 0.1) is 5.92 Å². The van der Waals surface area contributed by atoms with E-state index in [0.29, 0.717) is 12.5 Å². The van der Waals surface area contributed by atoms with Gasteiger partial charge in [-0.05, 0) is 65.3 Å². The highest BCUT2D eigenvalue weighted by Gasteiger charge is 2.39. The summed E-state index contributed by atoms with van der Waals surface area (Å²) < 4.78 is 23.3. The number of hydrogen-bond acceptors (Lipinski definition) is 4. The van der Waals surface area contributed by atoms with Gasteiger partial charge in [0.25, 0.3) is 0 Å². The van der Waals surface area contributed by atoms with Gasteiger partial charge in [0.2, 0.25) is 0 Å². The minimum absolute atomic E-state index is 0.171. The molecular weight excluding hydrogens is 448 g/mol. The highest BCUT2D eigenvalue weighted by atomic mass is 16.6. The van der Waals surface area contributed by atoms with Crippen LogP contribution in [0.2, 0.25) is 0 Å². The molecule has 6 rings (SSSR count). The first-order chi connectivity index (χ1) is 17.8. The monoisotopic (exact) mass is 484 g/mol. The normalized spacial score (nSPS) is 22.8. The molecule has 3 aliphatic rings. The van der Waals surface area contributed by atoms with Gasteiger partial charge in [-0.3, -0.25) is 0 Å². The maximum absolute atomic E-state index is 6.63. The Kier molecular flexibility index (Phi) is 7.24. The van der Waals surface area contributed by atoms with Gasteiger partial charge in [-0.1, -0.05) is 80.6 Å². The molecule has 3 unspecified atom stereocenters. The highest BCUT2D eigenvalue weighted by Crippen LogP contribution is 2.35. The largest absolute Gasteiger partial charge is 0.491 e. The maximum Gasteiger partial charge on any atom is 0.130 e. The van der Waals surface area contributed by atoms with Crippen molar-refractivity contribution in [2.75, 3.05) is 19.8 Å². The van der Waals surface area contributed by atoms with Crippen LogP contribution in [-0.2, 0) is 9.47 Å². The minimum atomic E-state index is 0.171. The van der Waals surface area contributed by atoms with Crippen molar-refractivity contribution in [3.05, 3.63) is 72.8 Å². The Balaban J connectivity index is 1.12. The molecule has 2 heterocycles. The third-order valence-corrected chi connectivity index (χ3v) is 7.69. The average Bonchev–Trinajstić information content (AvgIpc) is 3.82. The Hall–Kier alpha value is -2.82. The van der Waals surface area contributed by atoms with Crippen LogP contribution < -0.4 is 9.47 Å². The van der Waals surface area contributed by atoms with Crippen molar-refractivity contribution in [2.45, 2.75) is 63.3 Å². The zero-order chi connectivity index (χ0) is 24.2. The molecule has 3 fully saturated rings. The molecule has 3 aromatic rings. The SMILES string of the molecule is c1cc(OC(C2CCCCCCC2)C2CO2)cc(-c2ccc(-c3ccc(OCC4CO4)cc3)cc2)c1. The summed E-state index contributed by atoms with van der Waals surface area (Å²) in [7, 11) is 0. The maximum atomic E-state index is 6.63. The third kappa shape index (κ3) is 6.11. The highest BCUT2D eigenvalue weighted by molar-refractivity contribution is 5.71. The second-order valence-electron chi connectivity index (χ2n) is 10.5. The fourth-order valence-electron chi connectivity index (χ4n) is 5.40. The predicted molar refractivity (Wildman–Crippen MR) is 143 cm³/mol. The van der Waals surface area contributed by atoms with E-state index in [1.807, 2.05) is 12.1 Å². The molecule has 3 aromatic carbocycles. The number of epoxide rings is 2. The van der Waals surface area contributed by atoms with Crippen LogP contribution in [0.1, 0.15) is 44.9 Å². The van der Waals surface area contributed by atoms with E-state index in [1.54, 1.807) is 0 Å². The molecule has 0 spiro atoms. The van der Waals surface area contributed by atoms with Crippen LogP contribution in [0.5, 0.6) is 11.5 Å². The fraction of sp³-hybridized carbons (Fsp3) is 0.438. The van der Waals surface area contributed by atoms with E-state index >= 15 is 0 Å². The molecule has 2 saturated heterocycles. The molecule has 0 bridgehead atoms. The molecule has 2 aliphatic heterocycles. The van der Waals surface area contributed by atoms with Gasteiger partial charge in [-0.2, -0.15) is 0 Å². The molecule has 4 nitrogen and oxygen atoms in total. The van der Waals surface area contributed by atoms with Gasteiger partial charge >= 0.3 is 0 Å². The summed E-state index contributed by atoms with van der Waals surface area (Å²) in [6.07, 6.45) is 9.94. The zero-order valence-electron chi connectivity index (χ0n) is 20.9. The lowest BCUT2D eigenvalue weighted by molar-refractivity contribution is 0.0854. The lowest BCUT2D eigenvalue weighted by Gasteiger charge is -2.28. The van der Waals surface area contributed by atoms with Gasteiger partial charge in [0.1, 0.15) is 36.4 Å². The lowest BCUT2D eigenvalue weighted by atomic mass is 9.86. The van der Waals surface area contributed by atoms with Crippen molar-refractivity contribution in [1.29, 1.82) is 0 Å². The van der Waals surface area contributed by atoms with E-state index < -0.39 is 0 Å². The quantitative estimate of drug-likeness (QED) is 0.299. The summed E-state index contributed by atoms with van der Waals surface area (Å²) in [4.78, 5) is 0. The Morgan fingerprint density at radius 2 is 1.28 bits per heavy atom. The lowest BCUT2D eigenvalue weighted by Crippen LogP contribution is -2.33. The average molecular weight is 485 g/mol. The molecule has 1 saturated carbocycles. The van der Waals surface area contributed by atoms with Gasteiger partial charge in [0.15, 0.2) is 0 Å². The molecule has 0 amide bonds. The van der Waals surface area contributed by atoms with Gasteiger partial charge in [-0.15, -0.1) is 0 Å². The van der Waals surface area contributed by atoms with Crippen molar-refractivity contribution in [2.24, 2.45) is 5.92 Å². The molecule has 1 aliphatic carbocycles.